The normalized spacial score (nSPS) is 10.7. The summed E-state index contributed by atoms with van der Waals surface area (Å²) in [6.07, 6.45) is 3.18. The van der Waals surface area contributed by atoms with E-state index in [1.54, 1.807) is 0 Å². The summed E-state index contributed by atoms with van der Waals surface area (Å²) in [4.78, 5) is 11.9. The number of nitrogens with zero attached hydrogens (tertiary/aromatic N) is 2. The smallest absolute Gasteiger partial charge is 0.224 e. The molecule has 0 aliphatic carbocycles. The fraction of sp³-hybridized carbons (Fsp3) is 0.222. The number of fused-ring (bicyclic) bond motifs is 1. The van der Waals surface area contributed by atoms with Crippen LogP contribution in [-0.2, 0) is 17.8 Å². The molecule has 22 heavy (non-hydrogen) atoms. The fourth-order valence-electron chi connectivity index (χ4n) is 2.50. The van der Waals surface area contributed by atoms with E-state index in [4.69, 9.17) is 0 Å². The number of hydrogen-bond acceptors (Lipinski definition) is 2. The molecule has 4 nitrogen and oxygen atoms in total. The van der Waals surface area contributed by atoms with E-state index in [2.05, 4.69) is 22.5 Å². The van der Waals surface area contributed by atoms with Crippen molar-refractivity contribution in [3.05, 3.63) is 66.4 Å². The third kappa shape index (κ3) is 3.52. The van der Waals surface area contributed by atoms with Gasteiger partial charge < -0.3 is 5.32 Å². The summed E-state index contributed by atoms with van der Waals surface area (Å²) in [6, 6.07) is 17.9. The quantitative estimate of drug-likeness (QED) is 0.710. The Morgan fingerprint density at radius 1 is 1.05 bits per heavy atom. The molecule has 3 rings (SSSR count). The third-order valence-electron chi connectivity index (χ3n) is 3.63. The van der Waals surface area contributed by atoms with Crippen LogP contribution in [0.4, 0.5) is 0 Å². The summed E-state index contributed by atoms with van der Waals surface area (Å²) in [5.74, 6) is 0.0662. The monoisotopic (exact) mass is 293 g/mol. The molecule has 0 radical (unpaired) electrons. The molecule has 4 heteroatoms. The van der Waals surface area contributed by atoms with Gasteiger partial charge in [0.05, 0.1) is 18.1 Å². The second-order valence-corrected chi connectivity index (χ2v) is 5.29. The summed E-state index contributed by atoms with van der Waals surface area (Å²) in [6.45, 7) is 1.47. The molecule has 1 amide bonds. The molecule has 0 atom stereocenters. The van der Waals surface area contributed by atoms with Gasteiger partial charge in [-0.1, -0.05) is 48.5 Å². The van der Waals surface area contributed by atoms with Crippen LogP contribution in [0.2, 0.25) is 0 Å². The van der Waals surface area contributed by atoms with Gasteiger partial charge in [0, 0.05) is 18.5 Å². The van der Waals surface area contributed by atoms with Crippen molar-refractivity contribution in [3.63, 3.8) is 0 Å². The topological polar surface area (TPSA) is 46.9 Å². The van der Waals surface area contributed by atoms with Crippen LogP contribution >= 0.6 is 0 Å². The Kier molecular flexibility index (Phi) is 4.49. The lowest BCUT2D eigenvalue weighted by molar-refractivity contribution is -0.120. The summed E-state index contributed by atoms with van der Waals surface area (Å²) >= 11 is 0. The van der Waals surface area contributed by atoms with E-state index < -0.39 is 0 Å². The maximum absolute atomic E-state index is 11.9. The van der Waals surface area contributed by atoms with E-state index in [0.29, 0.717) is 13.0 Å². The summed E-state index contributed by atoms with van der Waals surface area (Å²) in [5, 5.41) is 8.49. The van der Waals surface area contributed by atoms with Crippen molar-refractivity contribution < 1.29 is 4.79 Å². The van der Waals surface area contributed by atoms with E-state index in [-0.39, 0.29) is 5.91 Å². The highest BCUT2D eigenvalue weighted by molar-refractivity contribution is 5.79. The van der Waals surface area contributed by atoms with Gasteiger partial charge in [-0.15, -0.1) is 0 Å². The molecule has 0 fully saturated rings. The van der Waals surface area contributed by atoms with Gasteiger partial charge in [0.1, 0.15) is 0 Å². The average Bonchev–Trinajstić information content (AvgIpc) is 2.96. The number of aromatic nitrogens is 2. The van der Waals surface area contributed by atoms with E-state index >= 15 is 0 Å². The van der Waals surface area contributed by atoms with Gasteiger partial charge >= 0.3 is 0 Å². The predicted octanol–water partition coefficient (Wildman–Crippen LogP) is 2.79. The van der Waals surface area contributed by atoms with Crippen molar-refractivity contribution in [2.75, 3.05) is 6.54 Å². The van der Waals surface area contributed by atoms with Crippen LogP contribution in [0.15, 0.2) is 60.8 Å². The number of amides is 1. The molecule has 0 saturated carbocycles. The Morgan fingerprint density at radius 2 is 1.82 bits per heavy atom. The standard InChI is InChI=1S/C18H19N3O/c22-18(13-15-7-2-1-3-8-15)19-11-6-12-21-17-10-5-4-9-16(17)14-20-21/h1-5,7-10,14H,6,11-13H2,(H,19,22). The Hall–Kier alpha value is -2.62. The number of carbonyl (C=O) groups excluding carboxylic acids is 1. The Morgan fingerprint density at radius 3 is 2.68 bits per heavy atom. The van der Waals surface area contributed by atoms with Crippen LogP contribution in [0.1, 0.15) is 12.0 Å². The number of benzene rings is 2. The lowest BCUT2D eigenvalue weighted by Crippen LogP contribution is -2.26. The number of aryl methyl sites for hydroxylation is 1. The SMILES string of the molecule is O=C(Cc1ccccc1)NCCCn1ncc2ccccc21. The Bertz CT molecular complexity index is 749. The largest absolute Gasteiger partial charge is 0.356 e. The number of hydrogen-bond donors (Lipinski definition) is 1. The molecular formula is C18H19N3O. The van der Waals surface area contributed by atoms with Crippen LogP contribution in [0.25, 0.3) is 10.9 Å². The van der Waals surface area contributed by atoms with Crippen molar-refractivity contribution in [1.29, 1.82) is 0 Å². The number of para-hydroxylation sites is 1. The minimum absolute atomic E-state index is 0.0662. The van der Waals surface area contributed by atoms with Crippen molar-refractivity contribution in [1.82, 2.24) is 15.1 Å². The molecule has 0 aliphatic rings. The molecule has 0 saturated heterocycles. The van der Waals surface area contributed by atoms with Crippen molar-refractivity contribution in [2.24, 2.45) is 0 Å². The molecule has 0 spiro atoms. The van der Waals surface area contributed by atoms with Crippen LogP contribution in [0.3, 0.4) is 0 Å². The lowest BCUT2D eigenvalue weighted by Gasteiger charge is -2.06. The molecular weight excluding hydrogens is 274 g/mol. The zero-order valence-corrected chi connectivity index (χ0v) is 12.4. The highest BCUT2D eigenvalue weighted by Gasteiger charge is 2.03. The van der Waals surface area contributed by atoms with Crippen molar-refractivity contribution in [3.8, 4) is 0 Å². The summed E-state index contributed by atoms with van der Waals surface area (Å²) in [5.41, 5.74) is 2.18. The van der Waals surface area contributed by atoms with E-state index in [0.717, 1.165) is 29.4 Å². The van der Waals surface area contributed by atoms with Crippen molar-refractivity contribution in [2.45, 2.75) is 19.4 Å². The van der Waals surface area contributed by atoms with Gasteiger partial charge in [-0.25, -0.2) is 0 Å². The number of carbonyl (C=O) groups is 1. The highest BCUT2D eigenvalue weighted by atomic mass is 16.1. The molecule has 2 aromatic carbocycles. The van der Waals surface area contributed by atoms with Gasteiger partial charge in [-0.2, -0.15) is 5.10 Å². The van der Waals surface area contributed by atoms with Crippen LogP contribution in [0.5, 0.6) is 0 Å². The first-order chi connectivity index (χ1) is 10.8. The Balaban J connectivity index is 1.45. The maximum atomic E-state index is 11.9. The third-order valence-corrected chi connectivity index (χ3v) is 3.63. The van der Waals surface area contributed by atoms with Gasteiger partial charge in [0.2, 0.25) is 5.91 Å². The second-order valence-electron chi connectivity index (χ2n) is 5.29. The fourth-order valence-corrected chi connectivity index (χ4v) is 2.50. The number of nitrogens with one attached hydrogen (secondary N) is 1. The second kappa shape index (κ2) is 6.89. The van der Waals surface area contributed by atoms with E-state index in [9.17, 15) is 4.79 Å². The molecule has 0 unspecified atom stereocenters. The van der Waals surface area contributed by atoms with Crippen LogP contribution < -0.4 is 5.32 Å². The molecule has 3 aromatic rings. The molecule has 0 bridgehead atoms. The van der Waals surface area contributed by atoms with Gasteiger partial charge in [0.15, 0.2) is 0 Å². The van der Waals surface area contributed by atoms with Gasteiger partial charge in [0.25, 0.3) is 0 Å². The lowest BCUT2D eigenvalue weighted by atomic mass is 10.1. The minimum atomic E-state index is 0.0662. The Labute approximate surface area is 129 Å². The molecule has 1 N–H and O–H groups in total. The molecule has 1 heterocycles. The first kappa shape index (κ1) is 14.3. The highest BCUT2D eigenvalue weighted by Crippen LogP contribution is 2.12. The van der Waals surface area contributed by atoms with Crippen LogP contribution in [0, 0.1) is 0 Å². The van der Waals surface area contributed by atoms with E-state index in [1.807, 2.05) is 53.3 Å². The maximum Gasteiger partial charge on any atom is 0.224 e. The van der Waals surface area contributed by atoms with Crippen LogP contribution in [-0.4, -0.2) is 22.2 Å². The predicted molar refractivity (Wildman–Crippen MR) is 87.5 cm³/mol. The van der Waals surface area contributed by atoms with E-state index in [1.165, 1.54) is 0 Å². The number of rotatable bonds is 6. The molecule has 112 valence electrons. The summed E-state index contributed by atoms with van der Waals surface area (Å²) in [7, 11) is 0. The summed E-state index contributed by atoms with van der Waals surface area (Å²) < 4.78 is 1.98. The van der Waals surface area contributed by atoms with Gasteiger partial charge in [-0.3, -0.25) is 9.48 Å². The first-order valence-corrected chi connectivity index (χ1v) is 7.54. The molecule has 0 aliphatic heterocycles. The minimum Gasteiger partial charge on any atom is -0.356 e. The molecule has 1 aromatic heterocycles. The van der Waals surface area contributed by atoms with Gasteiger partial charge in [-0.05, 0) is 18.1 Å². The zero-order valence-electron chi connectivity index (χ0n) is 12.4. The van der Waals surface area contributed by atoms with Crippen molar-refractivity contribution >= 4 is 16.8 Å². The average molecular weight is 293 g/mol. The first-order valence-electron chi connectivity index (χ1n) is 7.54. The zero-order chi connectivity index (χ0) is 15.2.